The van der Waals surface area contributed by atoms with Crippen LogP contribution in [0.4, 0.5) is 0 Å². The van der Waals surface area contributed by atoms with Crippen LogP contribution in [-0.4, -0.2) is 24.1 Å². The van der Waals surface area contributed by atoms with E-state index in [2.05, 4.69) is 31.8 Å². The van der Waals surface area contributed by atoms with Crippen molar-refractivity contribution in [2.24, 2.45) is 5.10 Å². The minimum atomic E-state index is -0.492. The summed E-state index contributed by atoms with van der Waals surface area (Å²) in [6.45, 7) is 1.65. The summed E-state index contributed by atoms with van der Waals surface area (Å²) in [5.74, 6) is -1.12. The third-order valence-electron chi connectivity index (χ3n) is 4.56. The molecule has 0 aliphatic heterocycles. The Bertz CT molecular complexity index is 980. The second-order valence-corrected chi connectivity index (χ2v) is 7.63. The van der Waals surface area contributed by atoms with Crippen LogP contribution < -0.4 is 10.7 Å². The van der Waals surface area contributed by atoms with Gasteiger partial charge >= 0.3 is 0 Å². The van der Waals surface area contributed by atoms with Gasteiger partial charge in [0.25, 0.3) is 5.91 Å². The molecular formula is C24H22BrN3O2. The number of hydrazone groups is 1. The number of nitrogens with one attached hydrogen (secondary N) is 2. The smallest absolute Gasteiger partial charge is 0.259 e. The highest BCUT2D eigenvalue weighted by molar-refractivity contribution is 9.10. The van der Waals surface area contributed by atoms with Gasteiger partial charge < -0.3 is 5.32 Å². The summed E-state index contributed by atoms with van der Waals surface area (Å²) in [6, 6.07) is 26.6. The molecule has 0 spiro atoms. The van der Waals surface area contributed by atoms with Gasteiger partial charge in [0.05, 0.1) is 18.2 Å². The van der Waals surface area contributed by atoms with Crippen LogP contribution >= 0.6 is 15.9 Å². The molecule has 0 aliphatic rings. The molecule has 2 amide bonds. The maximum Gasteiger partial charge on any atom is 0.259 e. The maximum atomic E-state index is 12.9. The second kappa shape index (κ2) is 10.5. The Labute approximate surface area is 184 Å². The van der Waals surface area contributed by atoms with Crippen LogP contribution in [0.2, 0.25) is 0 Å². The van der Waals surface area contributed by atoms with Crippen LogP contribution in [0.1, 0.15) is 29.5 Å². The lowest BCUT2D eigenvalue weighted by molar-refractivity contribution is -0.126. The monoisotopic (exact) mass is 463 g/mol. The number of hydrogen-bond acceptors (Lipinski definition) is 3. The van der Waals surface area contributed by atoms with Crippen molar-refractivity contribution in [2.45, 2.75) is 12.8 Å². The van der Waals surface area contributed by atoms with Crippen LogP contribution in [0.5, 0.6) is 0 Å². The van der Waals surface area contributed by atoms with Crippen molar-refractivity contribution < 1.29 is 9.59 Å². The van der Waals surface area contributed by atoms with Crippen LogP contribution in [-0.2, 0) is 9.59 Å². The number of hydrogen-bond donors (Lipinski definition) is 2. The number of halogens is 1. The molecule has 0 unspecified atom stereocenters. The van der Waals surface area contributed by atoms with Crippen LogP contribution in [0.3, 0.4) is 0 Å². The van der Waals surface area contributed by atoms with E-state index in [0.717, 1.165) is 21.2 Å². The highest BCUT2D eigenvalue weighted by atomic mass is 79.9. The Morgan fingerprint density at radius 3 is 1.93 bits per heavy atom. The van der Waals surface area contributed by atoms with E-state index in [1.165, 1.54) is 0 Å². The molecule has 5 nitrogen and oxygen atoms in total. The Kier molecular flexibility index (Phi) is 7.51. The van der Waals surface area contributed by atoms with Crippen molar-refractivity contribution >= 4 is 33.5 Å². The molecule has 0 aliphatic carbocycles. The van der Waals surface area contributed by atoms with Crippen molar-refractivity contribution in [2.75, 3.05) is 6.54 Å². The molecule has 0 fully saturated rings. The molecule has 0 saturated carbocycles. The predicted molar refractivity (Wildman–Crippen MR) is 122 cm³/mol. The maximum absolute atomic E-state index is 12.9. The molecule has 3 rings (SSSR count). The van der Waals surface area contributed by atoms with Crippen molar-refractivity contribution in [3.63, 3.8) is 0 Å². The van der Waals surface area contributed by atoms with Crippen LogP contribution in [0, 0.1) is 0 Å². The van der Waals surface area contributed by atoms with E-state index in [1.54, 1.807) is 0 Å². The number of amides is 2. The summed E-state index contributed by atoms with van der Waals surface area (Å²) in [7, 11) is 0. The van der Waals surface area contributed by atoms with Gasteiger partial charge in [-0.3, -0.25) is 9.59 Å². The van der Waals surface area contributed by atoms with E-state index in [1.807, 2.05) is 91.9 Å². The first-order chi connectivity index (χ1) is 14.5. The first-order valence-corrected chi connectivity index (χ1v) is 10.3. The van der Waals surface area contributed by atoms with Crippen LogP contribution in [0.25, 0.3) is 0 Å². The fourth-order valence-electron chi connectivity index (χ4n) is 3.00. The summed E-state index contributed by atoms with van der Waals surface area (Å²) in [5.41, 5.74) is 5.80. The van der Waals surface area contributed by atoms with E-state index >= 15 is 0 Å². The van der Waals surface area contributed by atoms with Gasteiger partial charge in [0.2, 0.25) is 5.91 Å². The zero-order valence-corrected chi connectivity index (χ0v) is 18.1. The Morgan fingerprint density at radius 2 is 1.40 bits per heavy atom. The minimum absolute atomic E-state index is 0.161. The highest BCUT2D eigenvalue weighted by Crippen LogP contribution is 2.24. The second-order valence-electron chi connectivity index (χ2n) is 6.71. The number of nitrogens with zero attached hydrogens (tertiary/aromatic N) is 1. The lowest BCUT2D eigenvalue weighted by atomic mass is 9.90. The van der Waals surface area contributed by atoms with Gasteiger partial charge in [-0.15, -0.1) is 0 Å². The third-order valence-corrected chi connectivity index (χ3v) is 5.09. The quantitative estimate of drug-likeness (QED) is 0.406. The van der Waals surface area contributed by atoms with Gasteiger partial charge in [0, 0.05) is 4.47 Å². The van der Waals surface area contributed by atoms with Crippen molar-refractivity contribution in [1.29, 1.82) is 0 Å². The Balaban J connectivity index is 1.63. The summed E-state index contributed by atoms with van der Waals surface area (Å²) in [5, 5.41) is 6.84. The Hall–Kier alpha value is -3.25. The van der Waals surface area contributed by atoms with Crippen molar-refractivity contribution in [3.05, 3.63) is 106 Å². The number of rotatable bonds is 7. The van der Waals surface area contributed by atoms with Gasteiger partial charge in [0.15, 0.2) is 0 Å². The summed E-state index contributed by atoms with van der Waals surface area (Å²) < 4.78 is 0.970. The average molecular weight is 464 g/mol. The van der Waals surface area contributed by atoms with E-state index in [4.69, 9.17) is 0 Å². The first kappa shape index (κ1) is 21.5. The Morgan fingerprint density at radius 1 is 0.867 bits per heavy atom. The van der Waals surface area contributed by atoms with Gasteiger partial charge in [-0.2, -0.15) is 5.10 Å². The lowest BCUT2D eigenvalue weighted by Gasteiger charge is -2.17. The van der Waals surface area contributed by atoms with Gasteiger partial charge in [0.1, 0.15) is 0 Å². The van der Waals surface area contributed by atoms with E-state index in [0.29, 0.717) is 5.71 Å². The molecule has 30 heavy (non-hydrogen) atoms. The molecule has 0 saturated heterocycles. The summed E-state index contributed by atoms with van der Waals surface area (Å²) in [4.78, 5) is 25.1. The van der Waals surface area contributed by atoms with Gasteiger partial charge in [-0.1, -0.05) is 88.7 Å². The molecule has 0 heterocycles. The normalized spacial score (nSPS) is 11.2. The third kappa shape index (κ3) is 5.87. The number of benzene rings is 3. The fraction of sp³-hybridized carbons (Fsp3) is 0.125. The fourth-order valence-corrected chi connectivity index (χ4v) is 3.26. The molecule has 0 bridgehead atoms. The molecule has 6 heteroatoms. The highest BCUT2D eigenvalue weighted by Gasteiger charge is 2.22. The zero-order chi connectivity index (χ0) is 21.3. The SMILES string of the molecule is C/C(=N\NC(=O)CNC(=O)C(c1ccccc1)c1ccccc1)c1ccc(Br)cc1. The van der Waals surface area contributed by atoms with E-state index < -0.39 is 5.92 Å². The lowest BCUT2D eigenvalue weighted by Crippen LogP contribution is -2.38. The summed E-state index contributed by atoms with van der Waals surface area (Å²) in [6.07, 6.45) is 0. The van der Waals surface area contributed by atoms with Crippen LogP contribution in [0.15, 0.2) is 94.5 Å². The largest absolute Gasteiger partial charge is 0.346 e. The number of carbonyl (C=O) groups is 2. The predicted octanol–water partition coefficient (Wildman–Crippen LogP) is 4.24. The minimum Gasteiger partial charge on any atom is -0.346 e. The summed E-state index contributed by atoms with van der Waals surface area (Å²) >= 11 is 3.39. The molecule has 152 valence electrons. The van der Waals surface area contributed by atoms with Crippen molar-refractivity contribution in [3.8, 4) is 0 Å². The van der Waals surface area contributed by atoms with Crippen molar-refractivity contribution in [1.82, 2.24) is 10.7 Å². The average Bonchev–Trinajstić information content (AvgIpc) is 2.78. The molecule has 3 aromatic carbocycles. The van der Waals surface area contributed by atoms with E-state index in [9.17, 15) is 9.59 Å². The molecular weight excluding hydrogens is 442 g/mol. The molecule has 0 aromatic heterocycles. The van der Waals surface area contributed by atoms with Gasteiger partial charge in [-0.25, -0.2) is 5.43 Å². The molecule has 0 atom stereocenters. The molecule has 2 N–H and O–H groups in total. The van der Waals surface area contributed by atoms with E-state index in [-0.39, 0.29) is 18.4 Å². The molecule has 0 radical (unpaired) electrons. The van der Waals surface area contributed by atoms with Gasteiger partial charge in [-0.05, 0) is 35.7 Å². The molecule has 3 aromatic rings. The number of carbonyl (C=O) groups excluding carboxylic acids is 2. The zero-order valence-electron chi connectivity index (χ0n) is 16.5. The standard InChI is InChI=1S/C24H22BrN3O2/c1-17(18-12-14-21(25)15-13-18)27-28-22(29)16-26-24(30)23(19-8-4-2-5-9-19)20-10-6-3-7-11-20/h2-15,23H,16H2,1H3,(H,26,30)(H,28,29)/b27-17+. The first-order valence-electron chi connectivity index (χ1n) is 9.51. The topological polar surface area (TPSA) is 70.6 Å².